The number of hydrogen-bond donors (Lipinski definition) is 1. The first kappa shape index (κ1) is 14.2. The minimum absolute atomic E-state index is 0.193. The molecule has 1 N–H and O–H groups in total. The summed E-state index contributed by atoms with van der Waals surface area (Å²) in [5.41, 5.74) is 2.90. The van der Waals surface area contributed by atoms with Gasteiger partial charge in [-0.25, -0.2) is 9.51 Å². The summed E-state index contributed by atoms with van der Waals surface area (Å²) < 4.78 is 14.5. The van der Waals surface area contributed by atoms with Crippen LogP contribution in [-0.4, -0.2) is 17.8 Å². The maximum Gasteiger partial charge on any atom is 0.165 e. The van der Waals surface area contributed by atoms with Crippen molar-refractivity contribution in [2.24, 2.45) is 11.8 Å². The van der Waals surface area contributed by atoms with E-state index in [0.717, 1.165) is 27.4 Å². The fraction of sp³-hybridized carbons (Fsp3) is 0.529. The Morgan fingerprint density at radius 2 is 2.09 bits per heavy atom. The third kappa shape index (κ3) is 1.99. The lowest BCUT2D eigenvalue weighted by Gasteiger charge is -2.50. The van der Waals surface area contributed by atoms with Gasteiger partial charge in [0.25, 0.3) is 0 Å². The Hall–Kier alpha value is -1.21. The number of rotatable bonds is 1. The normalized spacial score (nSPS) is 34.1. The molecule has 4 fully saturated rings. The SMILES string of the molecule is CN1N(c2cc3cc(F)ccc3s2)NO[C@]12CC1CCC2CC1. The third-order valence-corrected chi connectivity index (χ3v) is 6.99. The van der Waals surface area contributed by atoms with Gasteiger partial charge in [0.2, 0.25) is 0 Å². The van der Waals surface area contributed by atoms with Crippen molar-refractivity contribution in [1.82, 2.24) is 10.6 Å². The summed E-state index contributed by atoms with van der Waals surface area (Å²) in [4.78, 5) is 6.15. The van der Waals surface area contributed by atoms with Gasteiger partial charge in [-0.3, -0.25) is 4.84 Å². The van der Waals surface area contributed by atoms with Crippen LogP contribution in [0.3, 0.4) is 0 Å². The molecule has 1 aromatic carbocycles. The molecule has 2 aromatic rings. The molecule has 1 spiro atoms. The van der Waals surface area contributed by atoms with Crippen LogP contribution in [0.4, 0.5) is 9.39 Å². The Morgan fingerprint density at radius 1 is 1.26 bits per heavy atom. The lowest BCUT2D eigenvalue weighted by molar-refractivity contribution is -0.193. The first-order valence-electron chi connectivity index (χ1n) is 8.32. The summed E-state index contributed by atoms with van der Waals surface area (Å²) >= 11 is 1.65. The zero-order chi connectivity index (χ0) is 15.6. The van der Waals surface area contributed by atoms with Crippen molar-refractivity contribution in [3.63, 3.8) is 0 Å². The number of anilines is 1. The molecule has 2 bridgehead atoms. The quantitative estimate of drug-likeness (QED) is 0.852. The highest BCUT2D eigenvalue weighted by Gasteiger charge is 2.56. The van der Waals surface area contributed by atoms with Gasteiger partial charge in [0.15, 0.2) is 5.72 Å². The maximum atomic E-state index is 13.4. The van der Waals surface area contributed by atoms with Crippen molar-refractivity contribution in [1.29, 1.82) is 0 Å². The molecule has 0 amide bonds. The number of hydrazine groups is 2. The van der Waals surface area contributed by atoms with E-state index in [1.165, 1.54) is 31.7 Å². The van der Waals surface area contributed by atoms with E-state index >= 15 is 0 Å². The summed E-state index contributed by atoms with van der Waals surface area (Å²) in [5.74, 6) is 1.17. The second-order valence-corrected chi connectivity index (χ2v) is 8.12. The summed E-state index contributed by atoms with van der Waals surface area (Å²) in [5, 5.41) is 6.19. The van der Waals surface area contributed by atoms with E-state index in [9.17, 15) is 4.39 Å². The largest absolute Gasteiger partial charge is 0.256 e. The van der Waals surface area contributed by atoms with Gasteiger partial charge in [0.05, 0.1) is 0 Å². The molecule has 3 saturated carbocycles. The number of fused-ring (bicyclic) bond motifs is 3. The van der Waals surface area contributed by atoms with Gasteiger partial charge in [0.1, 0.15) is 10.8 Å². The highest BCUT2D eigenvalue weighted by molar-refractivity contribution is 7.22. The van der Waals surface area contributed by atoms with Crippen molar-refractivity contribution in [3.05, 3.63) is 30.1 Å². The lowest BCUT2D eigenvalue weighted by Crippen LogP contribution is -2.58. The fourth-order valence-corrected chi connectivity index (χ4v) is 5.66. The molecule has 122 valence electrons. The molecule has 1 saturated heterocycles. The van der Waals surface area contributed by atoms with E-state index in [1.54, 1.807) is 17.4 Å². The molecule has 1 atom stereocenters. The molecule has 6 rings (SSSR count). The highest BCUT2D eigenvalue weighted by Crippen LogP contribution is 2.52. The first-order chi connectivity index (χ1) is 11.2. The topological polar surface area (TPSA) is 27.7 Å². The molecular weight excluding hydrogens is 313 g/mol. The van der Waals surface area contributed by atoms with Crippen LogP contribution in [0.5, 0.6) is 0 Å². The second-order valence-electron chi connectivity index (χ2n) is 7.06. The van der Waals surface area contributed by atoms with Crippen LogP contribution in [0.2, 0.25) is 0 Å². The average Bonchev–Trinajstić information content (AvgIpc) is 3.11. The van der Waals surface area contributed by atoms with Crippen LogP contribution >= 0.6 is 11.3 Å². The van der Waals surface area contributed by atoms with Gasteiger partial charge in [0, 0.05) is 17.7 Å². The number of hydrogen-bond acceptors (Lipinski definition) is 5. The number of nitrogens with one attached hydrogen (secondary N) is 1. The van der Waals surface area contributed by atoms with Gasteiger partial charge in [-0.2, -0.15) is 5.01 Å². The molecular formula is C17H20FN3OS. The van der Waals surface area contributed by atoms with Crippen molar-refractivity contribution >= 4 is 26.4 Å². The standard InChI is InChI=1S/C17H20FN3OS/c1-20-17(10-11-2-4-13(17)5-3-11)22-19-21(20)16-9-12-8-14(18)6-7-15(12)23-16/h6-9,11,13,19H,2-5,10H2,1H3/t11?,13?,17-/m0/s1. The first-order valence-corrected chi connectivity index (χ1v) is 9.14. The third-order valence-electron chi connectivity index (χ3n) is 5.90. The lowest BCUT2D eigenvalue weighted by atomic mass is 9.65. The summed E-state index contributed by atoms with van der Waals surface area (Å²) in [7, 11) is 2.10. The van der Waals surface area contributed by atoms with Crippen LogP contribution in [-0.2, 0) is 4.84 Å². The second kappa shape index (κ2) is 4.89. The average molecular weight is 333 g/mol. The van der Waals surface area contributed by atoms with Crippen LogP contribution in [0.1, 0.15) is 32.1 Å². The Kier molecular flexibility index (Phi) is 3.01. The smallest absolute Gasteiger partial charge is 0.165 e. The van der Waals surface area contributed by atoms with E-state index in [-0.39, 0.29) is 11.5 Å². The van der Waals surface area contributed by atoms with Gasteiger partial charge in [-0.1, -0.05) is 5.59 Å². The number of halogens is 1. The molecule has 1 aliphatic heterocycles. The highest BCUT2D eigenvalue weighted by atomic mass is 32.1. The monoisotopic (exact) mass is 333 g/mol. The Bertz CT molecular complexity index is 757. The van der Waals surface area contributed by atoms with Crippen molar-refractivity contribution in [2.75, 3.05) is 12.2 Å². The Morgan fingerprint density at radius 3 is 2.83 bits per heavy atom. The molecule has 23 heavy (non-hydrogen) atoms. The zero-order valence-electron chi connectivity index (χ0n) is 13.1. The molecule has 1 aromatic heterocycles. The summed E-state index contributed by atoms with van der Waals surface area (Å²) in [6.45, 7) is 0. The minimum Gasteiger partial charge on any atom is -0.256 e. The zero-order valence-corrected chi connectivity index (χ0v) is 13.9. The van der Waals surface area contributed by atoms with Crippen molar-refractivity contribution < 1.29 is 9.23 Å². The predicted octanol–water partition coefficient (Wildman–Crippen LogP) is 4.05. The fourth-order valence-electron chi connectivity index (χ4n) is 4.64. The minimum atomic E-state index is -0.220. The van der Waals surface area contributed by atoms with Gasteiger partial charge >= 0.3 is 0 Å². The molecule has 2 heterocycles. The van der Waals surface area contributed by atoms with E-state index in [0.29, 0.717) is 5.92 Å². The van der Waals surface area contributed by atoms with Gasteiger partial charge < -0.3 is 0 Å². The van der Waals surface area contributed by atoms with Gasteiger partial charge in [-0.05, 0) is 67.7 Å². The van der Waals surface area contributed by atoms with E-state index in [4.69, 9.17) is 4.84 Å². The molecule has 0 radical (unpaired) electrons. The van der Waals surface area contributed by atoms with Crippen LogP contribution in [0, 0.1) is 17.7 Å². The number of benzene rings is 1. The number of nitrogens with zero attached hydrogens (tertiary/aromatic N) is 2. The predicted molar refractivity (Wildman–Crippen MR) is 89.0 cm³/mol. The van der Waals surface area contributed by atoms with E-state index in [1.807, 2.05) is 17.3 Å². The van der Waals surface area contributed by atoms with Crippen LogP contribution in [0.25, 0.3) is 10.1 Å². The summed E-state index contributed by atoms with van der Waals surface area (Å²) in [6.07, 6.45) is 6.28. The molecule has 4 aliphatic rings. The van der Waals surface area contributed by atoms with Crippen LogP contribution < -0.4 is 10.7 Å². The maximum absolute atomic E-state index is 13.4. The van der Waals surface area contributed by atoms with E-state index in [2.05, 4.69) is 17.6 Å². The van der Waals surface area contributed by atoms with E-state index < -0.39 is 0 Å². The molecule has 3 aliphatic carbocycles. The number of thiophene rings is 1. The molecule has 0 unspecified atom stereocenters. The summed E-state index contributed by atoms with van der Waals surface area (Å²) in [6, 6.07) is 6.97. The Labute approximate surface area is 138 Å². The van der Waals surface area contributed by atoms with Crippen molar-refractivity contribution in [2.45, 2.75) is 37.8 Å². The van der Waals surface area contributed by atoms with Gasteiger partial charge in [-0.15, -0.1) is 11.3 Å². The molecule has 4 nitrogen and oxygen atoms in total. The van der Waals surface area contributed by atoms with Crippen molar-refractivity contribution in [3.8, 4) is 0 Å². The molecule has 6 heteroatoms. The Balaban J connectivity index is 1.49. The van der Waals surface area contributed by atoms with Crippen LogP contribution in [0.15, 0.2) is 24.3 Å².